The van der Waals surface area contributed by atoms with E-state index in [0.29, 0.717) is 0 Å². The van der Waals surface area contributed by atoms with E-state index in [4.69, 9.17) is 0 Å². The van der Waals surface area contributed by atoms with E-state index < -0.39 is 0 Å². The molecule has 0 bridgehead atoms. The first-order valence-electron chi connectivity index (χ1n) is 10.6. The first-order valence-corrected chi connectivity index (χ1v) is 10.6. The molecule has 0 aliphatic heterocycles. The monoisotopic (exact) mass is 395 g/mol. The van der Waals surface area contributed by atoms with Gasteiger partial charge in [-0.2, -0.15) is 0 Å². The Kier molecular flexibility index (Phi) is 4.18. The van der Waals surface area contributed by atoms with Crippen LogP contribution in [-0.2, 0) is 0 Å². The number of hydrogen-bond acceptors (Lipinski definition) is 0. The number of hydrogen-bond donors (Lipinski definition) is 0. The molecule has 1 nitrogen and oxygen atoms in total. The summed E-state index contributed by atoms with van der Waals surface area (Å²) < 4.78 is 2.36. The van der Waals surface area contributed by atoms with Crippen molar-refractivity contribution in [2.75, 3.05) is 0 Å². The molecule has 0 unspecified atom stereocenters. The number of benzene rings is 5. The second-order valence-corrected chi connectivity index (χ2v) is 7.87. The van der Waals surface area contributed by atoms with Crippen molar-refractivity contribution in [1.29, 1.82) is 0 Å². The SMILES string of the molecule is c1ccc(-c2cccc(-c3ccc4c(c3)c3ccccc3n4-c3ccccc3)c2)cc1. The van der Waals surface area contributed by atoms with Crippen molar-refractivity contribution in [1.82, 2.24) is 4.57 Å². The van der Waals surface area contributed by atoms with Gasteiger partial charge in [0.15, 0.2) is 0 Å². The fourth-order valence-electron chi connectivity index (χ4n) is 4.52. The summed E-state index contributed by atoms with van der Waals surface area (Å²) in [5.74, 6) is 0. The zero-order valence-corrected chi connectivity index (χ0v) is 17.1. The minimum Gasteiger partial charge on any atom is -0.309 e. The number of aromatic nitrogens is 1. The Labute approximate surface area is 181 Å². The van der Waals surface area contributed by atoms with Gasteiger partial charge in [-0.05, 0) is 58.7 Å². The Morgan fingerprint density at radius 1 is 0.355 bits per heavy atom. The maximum absolute atomic E-state index is 2.36. The Bertz CT molecular complexity index is 1510. The van der Waals surface area contributed by atoms with Crippen LogP contribution in [0.3, 0.4) is 0 Å². The summed E-state index contributed by atoms with van der Waals surface area (Å²) in [5.41, 5.74) is 8.61. The lowest BCUT2D eigenvalue weighted by molar-refractivity contribution is 1.18. The van der Waals surface area contributed by atoms with Gasteiger partial charge in [0, 0.05) is 16.5 Å². The predicted molar refractivity (Wildman–Crippen MR) is 132 cm³/mol. The molecule has 1 heterocycles. The van der Waals surface area contributed by atoms with E-state index >= 15 is 0 Å². The summed E-state index contributed by atoms with van der Waals surface area (Å²) in [5, 5.41) is 2.56. The van der Waals surface area contributed by atoms with Crippen LogP contribution in [0.4, 0.5) is 0 Å². The number of nitrogens with zero attached hydrogens (tertiary/aromatic N) is 1. The van der Waals surface area contributed by atoms with Crippen molar-refractivity contribution in [3.05, 3.63) is 127 Å². The highest BCUT2D eigenvalue weighted by Gasteiger charge is 2.13. The standard InChI is InChI=1S/C30H21N/c1-3-10-22(11-4-1)23-12-9-13-24(20-23)25-18-19-30-28(21-25)27-16-7-8-17-29(27)31(30)26-14-5-2-6-15-26/h1-21H. The lowest BCUT2D eigenvalue weighted by atomic mass is 9.98. The van der Waals surface area contributed by atoms with Gasteiger partial charge >= 0.3 is 0 Å². The Morgan fingerprint density at radius 2 is 0.935 bits per heavy atom. The summed E-state index contributed by atoms with van der Waals surface area (Å²) >= 11 is 0. The summed E-state index contributed by atoms with van der Waals surface area (Å²) in [6.45, 7) is 0. The van der Waals surface area contributed by atoms with Crippen molar-refractivity contribution >= 4 is 21.8 Å². The normalized spacial score (nSPS) is 11.2. The van der Waals surface area contributed by atoms with Crippen LogP contribution in [0, 0.1) is 0 Å². The Morgan fingerprint density at radius 3 is 1.74 bits per heavy atom. The first kappa shape index (κ1) is 17.7. The molecule has 0 fully saturated rings. The van der Waals surface area contributed by atoms with Crippen LogP contribution in [-0.4, -0.2) is 4.57 Å². The van der Waals surface area contributed by atoms with Crippen molar-refractivity contribution in [3.63, 3.8) is 0 Å². The average Bonchev–Trinajstić information content (AvgIpc) is 3.19. The average molecular weight is 396 g/mol. The molecule has 0 aliphatic rings. The smallest absolute Gasteiger partial charge is 0.0541 e. The zero-order valence-electron chi connectivity index (χ0n) is 17.1. The van der Waals surface area contributed by atoms with E-state index in [-0.39, 0.29) is 0 Å². The topological polar surface area (TPSA) is 4.93 Å². The molecule has 1 aromatic heterocycles. The molecule has 5 aromatic carbocycles. The van der Waals surface area contributed by atoms with E-state index in [9.17, 15) is 0 Å². The van der Waals surface area contributed by atoms with Crippen LogP contribution in [0.25, 0.3) is 49.7 Å². The highest BCUT2D eigenvalue weighted by atomic mass is 15.0. The molecular formula is C30H21N. The first-order chi connectivity index (χ1) is 15.4. The number of fused-ring (bicyclic) bond motifs is 3. The Hall–Kier alpha value is -4.10. The summed E-state index contributed by atoms with van der Waals surface area (Å²) in [6.07, 6.45) is 0. The molecule has 0 saturated carbocycles. The third-order valence-corrected chi connectivity index (χ3v) is 5.99. The zero-order chi connectivity index (χ0) is 20.6. The molecule has 146 valence electrons. The molecular weight excluding hydrogens is 374 g/mol. The van der Waals surface area contributed by atoms with Crippen LogP contribution in [0.5, 0.6) is 0 Å². The van der Waals surface area contributed by atoms with Gasteiger partial charge < -0.3 is 4.57 Å². The van der Waals surface area contributed by atoms with Crippen LogP contribution < -0.4 is 0 Å². The predicted octanol–water partition coefficient (Wildman–Crippen LogP) is 8.12. The largest absolute Gasteiger partial charge is 0.309 e. The van der Waals surface area contributed by atoms with Crippen LogP contribution in [0.2, 0.25) is 0 Å². The van der Waals surface area contributed by atoms with E-state index in [1.165, 1.54) is 49.7 Å². The van der Waals surface area contributed by atoms with Gasteiger partial charge in [0.1, 0.15) is 0 Å². The molecule has 6 aromatic rings. The fraction of sp³-hybridized carbons (Fsp3) is 0. The lowest BCUT2D eigenvalue weighted by Gasteiger charge is -2.09. The minimum absolute atomic E-state index is 1.19. The maximum Gasteiger partial charge on any atom is 0.0541 e. The molecule has 0 spiro atoms. The van der Waals surface area contributed by atoms with E-state index in [1.54, 1.807) is 0 Å². The van der Waals surface area contributed by atoms with Gasteiger partial charge in [-0.25, -0.2) is 0 Å². The second-order valence-electron chi connectivity index (χ2n) is 7.87. The van der Waals surface area contributed by atoms with E-state index in [2.05, 4.69) is 132 Å². The van der Waals surface area contributed by atoms with E-state index in [0.717, 1.165) is 0 Å². The van der Waals surface area contributed by atoms with Gasteiger partial charge in [-0.15, -0.1) is 0 Å². The minimum atomic E-state index is 1.19. The molecule has 0 N–H and O–H groups in total. The molecule has 0 amide bonds. The fourth-order valence-corrected chi connectivity index (χ4v) is 4.52. The third kappa shape index (κ3) is 3.03. The van der Waals surface area contributed by atoms with Gasteiger partial charge in [0.25, 0.3) is 0 Å². The van der Waals surface area contributed by atoms with Crippen LogP contribution in [0.1, 0.15) is 0 Å². The van der Waals surface area contributed by atoms with Crippen LogP contribution >= 0.6 is 0 Å². The highest BCUT2D eigenvalue weighted by Crippen LogP contribution is 2.35. The third-order valence-electron chi connectivity index (χ3n) is 5.99. The van der Waals surface area contributed by atoms with Crippen LogP contribution in [0.15, 0.2) is 127 Å². The molecule has 0 atom stereocenters. The molecule has 1 heteroatoms. The van der Waals surface area contributed by atoms with Crippen molar-refractivity contribution in [2.24, 2.45) is 0 Å². The van der Waals surface area contributed by atoms with Gasteiger partial charge in [0.05, 0.1) is 11.0 Å². The van der Waals surface area contributed by atoms with Gasteiger partial charge in [-0.3, -0.25) is 0 Å². The van der Waals surface area contributed by atoms with Crippen molar-refractivity contribution < 1.29 is 0 Å². The summed E-state index contributed by atoms with van der Waals surface area (Å²) in [4.78, 5) is 0. The van der Waals surface area contributed by atoms with Crippen molar-refractivity contribution in [3.8, 4) is 27.9 Å². The molecule has 0 saturated heterocycles. The molecule has 0 aliphatic carbocycles. The second kappa shape index (κ2) is 7.30. The van der Waals surface area contributed by atoms with Crippen molar-refractivity contribution in [2.45, 2.75) is 0 Å². The Balaban J connectivity index is 1.56. The van der Waals surface area contributed by atoms with Gasteiger partial charge in [0.2, 0.25) is 0 Å². The highest BCUT2D eigenvalue weighted by molar-refractivity contribution is 6.10. The maximum atomic E-state index is 2.36. The number of para-hydroxylation sites is 2. The quantitative estimate of drug-likeness (QED) is 0.285. The van der Waals surface area contributed by atoms with E-state index in [1.807, 2.05) is 0 Å². The molecule has 31 heavy (non-hydrogen) atoms. The lowest BCUT2D eigenvalue weighted by Crippen LogP contribution is -1.92. The number of rotatable bonds is 3. The molecule has 6 rings (SSSR count). The summed E-state index contributed by atoms with van der Waals surface area (Å²) in [6, 6.07) is 45.5. The molecule has 0 radical (unpaired) electrons. The van der Waals surface area contributed by atoms with Gasteiger partial charge in [-0.1, -0.05) is 91.0 Å². The summed E-state index contributed by atoms with van der Waals surface area (Å²) in [7, 11) is 0.